The molecule has 0 unspecified atom stereocenters. The van der Waals surface area contributed by atoms with Gasteiger partial charge in [-0.2, -0.15) is 5.10 Å². The minimum Gasteiger partial charge on any atom is -0.298 e. The fourth-order valence-corrected chi connectivity index (χ4v) is 1.45. The Morgan fingerprint density at radius 1 is 1.46 bits per heavy atom. The molecule has 0 bridgehead atoms. The van der Waals surface area contributed by atoms with Crippen molar-refractivity contribution in [2.45, 2.75) is 6.92 Å². The van der Waals surface area contributed by atoms with Crippen LogP contribution in [0.3, 0.4) is 0 Å². The zero-order valence-electron chi connectivity index (χ0n) is 7.61. The van der Waals surface area contributed by atoms with E-state index in [0.717, 1.165) is 28.3 Å². The lowest BCUT2D eigenvalue weighted by Gasteiger charge is -1.99. The van der Waals surface area contributed by atoms with E-state index in [1.807, 2.05) is 26.1 Å². The van der Waals surface area contributed by atoms with Crippen LogP contribution < -0.4 is 0 Å². The smallest absolute Gasteiger partial charge is 0.150 e. The summed E-state index contributed by atoms with van der Waals surface area (Å²) in [6.07, 6.45) is 2.64. The molecule has 1 aromatic heterocycles. The van der Waals surface area contributed by atoms with E-state index in [2.05, 4.69) is 5.10 Å². The third kappa shape index (κ3) is 1.13. The standard InChI is InChI=1S/C10H10N2O/c1-7-3-10-8(4-9(7)6-13)5-11-12(10)2/h3-6H,1-2H3. The lowest BCUT2D eigenvalue weighted by Crippen LogP contribution is -1.91. The SMILES string of the molecule is Cc1cc2c(cnn2C)cc1C=O. The Bertz CT molecular complexity index is 471. The van der Waals surface area contributed by atoms with Gasteiger partial charge in [0.05, 0.1) is 11.7 Å². The summed E-state index contributed by atoms with van der Waals surface area (Å²) in [6, 6.07) is 3.84. The predicted molar refractivity (Wildman–Crippen MR) is 50.8 cm³/mol. The summed E-state index contributed by atoms with van der Waals surface area (Å²) in [4.78, 5) is 10.7. The van der Waals surface area contributed by atoms with Gasteiger partial charge in [-0.15, -0.1) is 0 Å². The molecule has 0 amide bonds. The molecule has 0 spiro atoms. The van der Waals surface area contributed by atoms with E-state index in [4.69, 9.17) is 0 Å². The van der Waals surface area contributed by atoms with Crippen LogP contribution in [0.4, 0.5) is 0 Å². The van der Waals surface area contributed by atoms with Crippen molar-refractivity contribution < 1.29 is 4.79 Å². The van der Waals surface area contributed by atoms with E-state index in [1.54, 1.807) is 10.9 Å². The molecular weight excluding hydrogens is 164 g/mol. The van der Waals surface area contributed by atoms with Crippen molar-refractivity contribution in [1.29, 1.82) is 0 Å². The Balaban J connectivity index is 2.83. The zero-order valence-corrected chi connectivity index (χ0v) is 7.61. The molecule has 66 valence electrons. The first-order valence-electron chi connectivity index (χ1n) is 4.10. The minimum absolute atomic E-state index is 0.737. The predicted octanol–water partition coefficient (Wildman–Crippen LogP) is 1.69. The number of hydrogen-bond donors (Lipinski definition) is 0. The first-order chi connectivity index (χ1) is 6.22. The van der Waals surface area contributed by atoms with Crippen LogP contribution >= 0.6 is 0 Å². The monoisotopic (exact) mass is 174 g/mol. The van der Waals surface area contributed by atoms with Gasteiger partial charge in [0, 0.05) is 18.0 Å². The van der Waals surface area contributed by atoms with Crippen LogP contribution in [-0.4, -0.2) is 16.1 Å². The third-order valence-electron chi connectivity index (χ3n) is 2.26. The minimum atomic E-state index is 0.737. The molecule has 3 nitrogen and oxygen atoms in total. The second-order valence-electron chi connectivity index (χ2n) is 3.15. The Hall–Kier alpha value is -1.64. The summed E-state index contributed by atoms with van der Waals surface area (Å²) in [5.74, 6) is 0. The van der Waals surface area contributed by atoms with Crippen molar-refractivity contribution in [3.05, 3.63) is 29.5 Å². The average Bonchev–Trinajstić information content (AvgIpc) is 2.47. The number of carbonyl (C=O) groups excluding carboxylic acids is 1. The topological polar surface area (TPSA) is 34.9 Å². The summed E-state index contributed by atoms with van der Waals surface area (Å²) in [5, 5.41) is 5.12. The lowest BCUT2D eigenvalue weighted by atomic mass is 10.1. The highest BCUT2D eigenvalue weighted by atomic mass is 16.1. The van der Waals surface area contributed by atoms with E-state index >= 15 is 0 Å². The Morgan fingerprint density at radius 2 is 2.23 bits per heavy atom. The van der Waals surface area contributed by atoms with Gasteiger partial charge in [0.25, 0.3) is 0 Å². The Kier molecular flexibility index (Phi) is 1.65. The number of fused-ring (bicyclic) bond motifs is 1. The number of aldehydes is 1. The quantitative estimate of drug-likeness (QED) is 0.617. The molecule has 0 radical (unpaired) electrons. The molecule has 2 rings (SSSR count). The summed E-state index contributed by atoms with van der Waals surface area (Å²) in [6.45, 7) is 1.93. The molecule has 0 aliphatic rings. The Morgan fingerprint density at radius 3 is 2.92 bits per heavy atom. The fraction of sp³-hybridized carbons (Fsp3) is 0.200. The van der Waals surface area contributed by atoms with Crippen molar-refractivity contribution in [2.24, 2.45) is 7.05 Å². The summed E-state index contributed by atoms with van der Waals surface area (Å²) in [5.41, 5.74) is 2.79. The summed E-state index contributed by atoms with van der Waals surface area (Å²) < 4.78 is 1.80. The average molecular weight is 174 g/mol. The molecule has 13 heavy (non-hydrogen) atoms. The normalized spacial score (nSPS) is 10.6. The molecule has 0 N–H and O–H groups in total. The van der Waals surface area contributed by atoms with Gasteiger partial charge in [-0.3, -0.25) is 9.48 Å². The number of carbonyl (C=O) groups is 1. The maximum Gasteiger partial charge on any atom is 0.150 e. The van der Waals surface area contributed by atoms with Crippen molar-refractivity contribution in [1.82, 2.24) is 9.78 Å². The van der Waals surface area contributed by atoms with Gasteiger partial charge in [0.15, 0.2) is 0 Å². The van der Waals surface area contributed by atoms with Crippen molar-refractivity contribution in [3.8, 4) is 0 Å². The number of aromatic nitrogens is 2. The van der Waals surface area contributed by atoms with Crippen LogP contribution in [-0.2, 0) is 7.05 Å². The highest BCUT2D eigenvalue weighted by molar-refractivity contribution is 5.88. The summed E-state index contributed by atoms with van der Waals surface area (Å²) in [7, 11) is 1.89. The van der Waals surface area contributed by atoms with Crippen LogP contribution in [0, 0.1) is 6.92 Å². The molecule has 2 aromatic rings. The third-order valence-corrected chi connectivity index (χ3v) is 2.26. The maximum atomic E-state index is 10.7. The number of rotatable bonds is 1. The molecule has 0 saturated heterocycles. The van der Waals surface area contributed by atoms with Crippen LogP contribution in [0.5, 0.6) is 0 Å². The molecule has 0 fully saturated rings. The molecule has 0 aliphatic carbocycles. The van der Waals surface area contributed by atoms with Gasteiger partial charge in [0.1, 0.15) is 6.29 Å². The number of hydrogen-bond acceptors (Lipinski definition) is 2. The molecule has 1 heterocycles. The van der Waals surface area contributed by atoms with Gasteiger partial charge in [-0.05, 0) is 24.6 Å². The van der Waals surface area contributed by atoms with E-state index in [-0.39, 0.29) is 0 Å². The highest BCUT2D eigenvalue weighted by Crippen LogP contribution is 2.17. The molecule has 1 aromatic carbocycles. The second-order valence-corrected chi connectivity index (χ2v) is 3.15. The first-order valence-corrected chi connectivity index (χ1v) is 4.10. The van der Waals surface area contributed by atoms with Crippen LogP contribution in [0.1, 0.15) is 15.9 Å². The second kappa shape index (κ2) is 2.69. The fourth-order valence-electron chi connectivity index (χ4n) is 1.45. The number of aryl methyl sites for hydroxylation is 2. The van der Waals surface area contributed by atoms with E-state index in [9.17, 15) is 4.79 Å². The van der Waals surface area contributed by atoms with Crippen LogP contribution in [0.15, 0.2) is 18.3 Å². The van der Waals surface area contributed by atoms with Gasteiger partial charge < -0.3 is 0 Å². The van der Waals surface area contributed by atoms with Gasteiger partial charge in [-0.25, -0.2) is 0 Å². The van der Waals surface area contributed by atoms with Gasteiger partial charge in [-0.1, -0.05) is 0 Å². The first kappa shape index (κ1) is 7.98. The molecule has 0 aliphatic heterocycles. The van der Waals surface area contributed by atoms with Crippen molar-refractivity contribution >= 4 is 17.2 Å². The van der Waals surface area contributed by atoms with E-state index in [0.29, 0.717) is 0 Å². The van der Waals surface area contributed by atoms with Crippen LogP contribution in [0.25, 0.3) is 10.9 Å². The number of benzene rings is 1. The lowest BCUT2D eigenvalue weighted by molar-refractivity contribution is 0.112. The van der Waals surface area contributed by atoms with Gasteiger partial charge >= 0.3 is 0 Å². The maximum absolute atomic E-state index is 10.7. The highest BCUT2D eigenvalue weighted by Gasteiger charge is 2.03. The van der Waals surface area contributed by atoms with Crippen molar-refractivity contribution in [2.75, 3.05) is 0 Å². The molecule has 3 heteroatoms. The van der Waals surface area contributed by atoms with E-state index in [1.165, 1.54) is 0 Å². The summed E-state index contributed by atoms with van der Waals surface area (Å²) >= 11 is 0. The van der Waals surface area contributed by atoms with Crippen LogP contribution in [0.2, 0.25) is 0 Å². The zero-order chi connectivity index (χ0) is 9.42. The molecular formula is C10H10N2O. The Labute approximate surface area is 76.0 Å². The molecule has 0 atom stereocenters. The van der Waals surface area contributed by atoms with Gasteiger partial charge in [0.2, 0.25) is 0 Å². The van der Waals surface area contributed by atoms with E-state index < -0.39 is 0 Å². The largest absolute Gasteiger partial charge is 0.298 e. The van der Waals surface area contributed by atoms with Crippen molar-refractivity contribution in [3.63, 3.8) is 0 Å². The number of nitrogens with zero attached hydrogens (tertiary/aromatic N) is 2. The molecule has 0 saturated carbocycles.